The first-order valence-corrected chi connectivity index (χ1v) is 13.8. The summed E-state index contributed by atoms with van der Waals surface area (Å²) in [5, 5.41) is 11.9. The summed E-state index contributed by atoms with van der Waals surface area (Å²) in [5.41, 5.74) is 4.16. The Hall–Kier alpha value is -2.80. The fourth-order valence-electron chi connectivity index (χ4n) is 3.92. The number of aryl methyl sites for hydroxylation is 2. The quantitative estimate of drug-likeness (QED) is 0.313. The van der Waals surface area contributed by atoms with Gasteiger partial charge in [-0.05, 0) is 43.9 Å². The number of fused-ring (bicyclic) bond motifs is 1. The van der Waals surface area contributed by atoms with Crippen molar-refractivity contribution < 1.29 is 8.42 Å². The zero-order valence-electron chi connectivity index (χ0n) is 20.3. The minimum Gasteiger partial charge on any atom is -0.329 e. The standard InChI is InChI=1S/C23H30N8O2S2/c1-15-9-20(34-23(15)35(32,33)29(2)3)28-21-22-25-12-19(17-11-26-30(4)13-17)31(22)14-18(27-21)7-8-24-10-16-5-6-16/h9,11-14,16,24H,5-8,10H2,1-4H3,(H,27,28). The number of rotatable bonds is 10. The Kier molecular flexibility index (Phi) is 6.38. The van der Waals surface area contributed by atoms with Gasteiger partial charge in [0.2, 0.25) is 0 Å². The summed E-state index contributed by atoms with van der Waals surface area (Å²) >= 11 is 1.20. The van der Waals surface area contributed by atoms with Crippen molar-refractivity contribution in [2.24, 2.45) is 13.0 Å². The molecule has 0 atom stereocenters. The monoisotopic (exact) mass is 514 g/mol. The summed E-state index contributed by atoms with van der Waals surface area (Å²) in [4.78, 5) is 9.51. The lowest BCUT2D eigenvalue weighted by Crippen LogP contribution is -2.21. The van der Waals surface area contributed by atoms with Crippen LogP contribution in [0.3, 0.4) is 0 Å². The molecule has 4 heterocycles. The van der Waals surface area contributed by atoms with Crippen molar-refractivity contribution >= 4 is 37.8 Å². The van der Waals surface area contributed by atoms with E-state index in [9.17, 15) is 8.42 Å². The van der Waals surface area contributed by atoms with Gasteiger partial charge in [-0.15, -0.1) is 11.3 Å². The number of hydrogen-bond acceptors (Lipinski definition) is 8. The van der Waals surface area contributed by atoms with E-state index in [4.69, 9.17) is 4.98 Å². The molecule has 0 unspecified atom stereocenters. The molecule has 0 amide bonds. The van der Waals surface area contributed by atoms with Crippen molar-refractivity contribution in [3.05, 3.63) is 42.1 Å². The summed E-state index contributed by atoms with van der Waals surface area (Å²) in [6.07, 6.45) is 11.0. The summed E-state index contributed by atoms with van der Waals surface area (Å²) in [5.74, 6) is 1.41. The highest BCUT2D eigenvalue weighted by atomic mass is 32.2. The van der Waals surface area contributed by atoms with Gasteiger partial charge in [0, 0.05) is 52.1 Å². The molecule has 2 N–H and O–H groups in total. The molecule has 1 aliphatic carbocycles. The van der Waals surface area contributed by atoms with Crippen molar-refractivity contribution in [2.75, 3.05) is 32.5 Å². The summed E-state index contributed by atoms with van der Waals surface area (Å²) in [6.45, 7) is 3.70. The number of imidazole rings is 1. The Balaban J connectivity index is 1.50. The van der Waals surface area contributed by atoms with E-state index in [0.29, 0.717) is 26.2 Å². The van der Waals surface area contributed by atoms with Gasteiger partial charge in [0.25, 0.3) is 10.0 Å². The number of aromatic nitrogens is 5. The van der Waals surface area contributed by atoms with Gasteiger partial charge in [0.15, 0.2) is 11.5 Å². The van der Waals surface area contributed by atoms with E-state index in [0.717, 1.165) is 42.4 Å². The molecule has 0 aliphatic heterocycles. The molecule has 4 aromatic heterocycles. The zero-order valence-corrected chi connectivity index (χ0v) is 21.9. The van der Waals surface area contributed by atoms with E-state index in [1.165, 1.54) is 42.6 Å². The average Bonchev–Trinajstić information content (AvgIpc) is 3.17. The highest BCUT2D eigenvalue weighted by Gasteiger charge is 2.24. The molecule has 0 radical (unpaired) electrons. The van der Waals surface area contributed by atoms with Crippen molar-refractivity contribution in [2.45, 2.75) is 30.4 Å². The highest BCUT2D eigenvalue weighted by molar-refractivity contribution is 7.91. The lowest BCUT2D eigenvalue weighted by Gasteiger charge is -2.11. The Labute approximate surface area is 209 Å². The van der Waals surface area contributed by atoms with E-state index in [-0.39, 0.29) is 0 Å². The smallest absolute Gasteiger partial charge is 0.252 e. The van der Waals surface area contributed by atoms with Crippen LogP contribution in [-0.2, 0) is 23.5 Å². The van der Waals surface area contributed by atoms with Crippen LogP contribution in [0.5, 0.6) is 0 Å². The first-order chi connectivity index (χ1) is 16.7. The fourth-order valence-corrected chi connectivity index (χ4v) is 6.66. The molecule has 0 saturated heterocycles. The molecule has 5 rings (SSSR count). The molecular formula is C23H30N8O2S2. The number of anilines is 2. The zero-order chi connectivity index (χ0) is 24.7. The molecule has 10 nitrogen and oxygen atoms in total. The SMILES string of the molecule is Cc1cc(Nc2nc(CCNCC3CC3)cn3c(-c4cnn(C)c4)cnc23)sc1S(=O)(=O)N(C)C. The Bertz CT molecular complexity index is 1460. The highest BCUT2D eigenvalue weighted by Crippen LogP contribution is 2.35. The summed E-state index contributed by atoms with van der Waals surface area (Å²) < 4.78 is 30.8. The first kappa shape index (κ1) is 23.9. The van der Waals surface area contributed by atoms with Gasteiger partial charge in [-0.3, -0.25) is 9.08 Å². The van der Waals surface area contributed by atoms with Gasteiger partial charge in [-0.25, -0.2) is 22.7 Å². The molecule has 12 heteroatoms. The fraction of sp³-hybridized carbons (Fsp3) is 0.435. The maximum absolute atomic E-state index is 12.7. The van der Waals surface area contributed by atoms with E-state index >= 15 is 0 Å². The maximum Gasteiger partial charge on any atom is 0.252 e. The topological polar surface area (TPSA) is 109 Å². The van der Waals surface area contributed by atoms with Crippen LogP contribution < -0.4 is 10.6 Å². The minimum atomic E-state index is -3.52. The average molecular weight is 515 g/mol. The molecular weight excluding hydrogens is 484 g/mol. The van der Waals surface area contributed by atoms with Gasteiger partial charge in [-0.2, -0.15) is 5.10 Å². The second kappa shape index (κ2) is 9.34. The third-order valence-electron chi connectivity index (χ3n) is 6.06. The number of hydrogen-bond donors (Lipinski definition) is 2. The molecule has 0 bridgehead atoms. The van der Waals surface area contributed by atoms with E-state index < -0.39 is 10.0 Å². The molecule has 0 aromatic carbocycles. The molecule has 1 saturated carbocycles. The first-order valence-electron chi connectivity index (χ1n) is 11.6. The number of thiophene rings is 1. The van der Waals surface area contributed by atoms with Crippen molar-refractivity contribution in [3.63, 3.8) is 0 Å². The Morgan fingerprint density at radius 3 is 2.71 bits per heavy atom. The van der Waals surface area contributed by atoms with E-state index in [1.54, 1.807) is 11.6 Å². The van der Waals surface area contributed by atoms with Crippen molar-refractivity contribution in [1.29, 1.82) is 0 Å². The van der Waals surface area contributed by atoms with E-state index in [2.05, 4.69) is 20.7 Å². The van der Waals surface area contributed by atoms with Gasteiger partial charge in [0.05, 0.1) is 28.8 Å². The van der Waals surface area contributed by atoms with Crippen LogP contribution in [0.25, 0.3) is 16.9 Å². The van der Waals surface area contributed by atoms with Crippen LogP contribution >= 0.6 is 11.3 Å². The second-order valence-corrected chi connectivity index (χ2v) is 12.6. The van der Waals surface area contributed by atoms with Crippen LogP contribution in [0, 0.1) is 12.8 Å². The third kappa shape index (κ3) is 4.96. The summed E-state index contributed by atoms with van der Waals surface area (Å²) in [6, 6.07) is 1.84. The van der Waals surface area contributed by atoms with Crippen LogP contribution in [0.1, 0.15) is 24.1 Å². The molecule has 35 heavy (non-hydrogen) atoms. The van der Waals surface area contributed by atoms with Crippen molar-refractivity contribution in [1.82, 2.24) is 33.8 Å². The van der Waals surface area contributed by atoms with Crippen LogP contribution in [0.15, 0.2) is 35.1 Å². The molecule has 186 valence electrons. The minimum absolute atomic E-state index is 0.320. The summed E-state index contributed by atoms with van der Waals surface area (Å²) in [7, 11) is 1.44. The van der Waals surface area contributed by atoms with Crippen LogP contribution in [0.4, 0.5) is 10.8 Å². The van der Waals surface area contributed by atoms with Crippen molar-refractivity contribution in [3.8, 4) is 11.3 Å². The predicted molar refractivity (Wildman–Crippen MR) is 138 cm³/mol. The number of nitrogens with one attached hydrogen (secondary N) is 2. The number of nitrogens with zero attached hydrogens (tertiary/aromatic N) is 6. The normalized spacial score (nSPS) is 14.3. The lowest BCUT2D eigenvalue weighted by atomic mass is 10.2. The Morgan fingerprint density at radius 2 is 2.03 bits per heavy atom. The third-order valence-corrected chi connectivity index (χ3v) is 9.64. The molecule has 1 aliphatic rings. The van der Waals surface area contributed by atoms with Gasteiger partial charge >= 0.3 is 0 Å². The molecule has 0 spiro atoms. The number of sulfonamides is 1. The second-order valence-electron chi connectivity index (χ2n) is 9.21. The molecule has 4 aromatic rings. The predicted octanol–water partition coefficient (Wildman–Crippen LogP) is 3.04. The lowest BCUT2D eigenvalue weighted by molar-refractivity contribution is 0.522. The van der Waals surface area contributed by atoms with Gasteiger partial charge < -0.3 is 10.6 Å². The van der Waals surface area contributed by atoms with Crippen LogP contribution in [0.2, 0.25) is 0 Å². The van der Waals surface area contributed by atoms with Crippen LogP contribution in [-0.4, -0.2) is 64.1 Å². The maximum atomic E-state index is 12.7. The Morgan fingerprint density at radius 1 is 1.23 bits per heavy atom. The van der Waals surface area contributed by atoms with E-state index in [1.807, 2.05) is 42.3 Å². The largest absolute Gasteiger partial charge is 0.329 e. The van der Waals surface area contributed by atoms with Gasteiger partial charge in [0.1, 0.15) is 4.21 Å². The van der Waals surface area contributed by atoms with Gasteiger partial charge in [-0.1, -0.05) is 0 Å². The molecule has 1 fully saturated rings.